The van der Waals surface area contributed by atoms with E-state index >= 15 is 0 Å². The molecule has 2 amide bonds. The smallest absolute Gasteiger partial charge is 0.248 e. The molecule has 2 atom stereocenters. The van der Waals surface area contributed by atoms with E-state index in [-0.39, 0.29) is 42.6 Å². The van der Waals surface area contributed by atoms with Crippen molar-refractivity contribution in [2.45, 2.75) is 25.8 Å². The third-order valence-corrected chi connectivity index (χ3v) is 4.44. The molecule has 142 valence electrons. The number of amides is 2. The lowest BCUT2D eigenvalue weighted by Crippen LogP contribution is -2.30. The van der Waals surface area contributed by atoms with E-state index in [1.54, 1.807) is 12.1 Å². The Balaban J connectivity index is 0.00000288. The molecule has 0 aromatic heterocycles. The predicted molar refractivity (Wildman–Crippen MR) is 105 cm³/mol. The SMILES string of the molecule is CN(C)Cc1ccc(C(N)=O)cc1NC(=O)[C@@H]1CCC[C@@H]1CN.Cl.Cl. The van der Waals surface area contributed by atoms with Crippen LogP contribution in [0.4, 0.5) is 5.69 Å². The molecule has 1 aliphatic carbocycles. The van der Waals surface area contributed by atoms with Crippen LogP contribution in [0.15, 0.2) is 18.2 Å². The van der Waals surface area contributed by atoms with E-state index in [4.69, 9.17) is 11.5 Å². The van der Waals surface area contributed by atoms with Crippen LogP contribution in [0.3, 0.4) is 0 Å². The molecule has 0 saturated heterocycles. The molecular weight excluding hydrogens is 363 g/mol. The lowest BCUT2D eigenvalue weighted by atomic mass is 9.95. The third kappa shape index (κ3) is 6.15. The van der Waals surface area contributed by atoms with Crippen molar-refractivity contribution in [3.63, 3.8) is 0 Å². The zero-order valence-electron chi connectivity index (χ0n) is 14.7. The summed E-state index contributed by atoms with van der Waals surface area (Å²) in [4.78, 5) is 26.0. The molecule has 0 aliphatic heterocycles. The van der Waals surface area contributed by atoms with E-state index in [0.717, 1.165) is 24.8 Å². The Morgan fingerprint density at radius 1 is 1.24 bits per heavy atom. The van der Waals surface area contributed by atoms with Gasteiger partial charge in [0.05, 0.1) is 0 Å². The number of nitrogens with zero attached hydrogens (tertiary/aromatic N) is 1. The zero-order valence-corrected chi connectivity index (χ0v) is 16.3. The van der Waals surface area contributed by atoms with E-state index in [0.29, 0.717) is 24.3 Å². The van der Waals surface area contributed by atoms with Gasteiger partial charge in [-0.25, -0.2) is 0 Å². The van der Waals surface area contributed by atoms with E-state index in [1.807, 2.05) is 25.1 Å². The van der Waals surface area contributed by atoms with Gasteiger partial charge in [-0.05, 0) is 57.1 Å². The predicted octanol–water partition coefficient (Wildman–Crippen LogP) is 2.00. The van der Waals surface area contributed by atoms with E-state index in [1.165, 1.54) is 0 Å². The second-order valence-electron chi connectivity index (χ2n) is 6.50. The minimum atomic E-state index is -0.502. The number of rotatable bonds is 6. The highest BCUT2D eigenvalue weighted by Crippen LogP contribution is 2.32. The molecule has 2 rings (SSSR count). The van der Waals surface area contributed by atoms with Crippen molar-refractivity contribution in [1.82, 2.24) is 4.90 Å². The molecule has 1 fully saturated rings. The average Bonchev–Trinajstić information content (AvgIpc) is 2.96. The number of carbonyl (C=O) groups is 2. The van der Waals surface area contributed by atoms with Gasteiger partial charge in [-0.2, -0.15) is 0 Å². The third-order valence-electron chi connectivity index (χ3n) is 4.44. The first-order valence-corrected chi connectivity index (χ1v) is 8.00. The summed E-state index contributed by atoms with van der Waals surface area (Å²) in [5.74, 6) is -0.326. The Bertz CT molecular complexity index is 596. The van der Waals surface area contributed by atoms with Gasteiger partial charge in [0, 0.05) is 23.7 Å². The number of carbonyl (C=O) groups excluding carboxylic acids is 2. The summed E-state index contributed by atoms with van der Waals surface area (Å²) in [6, 6.07) is 5.19. The lowest BCUT2D eigenvalue weighted by Gasteiger charge is -2.20. The Kier molecular flexibility index (Phi) is 10.0. The summed E-state index contributed by atoms with van der Waals surface area (Å²) in [7, 11) is 3.91. The van der Waals surface area contributed by atoms with Gasteiger partial charge in [0.2, 0.25) is 11.8 Å². The van der Waals surface area contributed by atoms with Gasteiger partial charge in [-0.15, -0.1) is 24.8 Å². The number of benzene rings is 1. The van der Waals surface area contributed by atoms with Gasteiger partial charge in [0.15, 0.2) is 0 Å². The van der Waals surface area contributed by atoms with Crippen LogP contribution in [0.2, 0.25) is 0 Å². The summed E-state index contributed by atoms with van der Waals surface area (Å²) >= 11 is 0. The average molecular weight is 391 g/mol. The quantitative estimate of drug-likeness (QED) is 0.690. The molecule has 1 aliphatic rings. The summed E-state index contributed by atoms with van der Waals surface area (Å²) < 4.78 is 0. The molecule has 5 N–H and O–H groups in total. The highest BCUT2D eigenvalue weighted by Gasteiger charge is 2.32. The molecular formula is C17H28Cl2N4O2. The topological polar surface area (TPSA) is 101 Å². The molecule has 0 bridgehead atoms. The minimum absolute atomic E-state index is 0. The van der Waals surface area contributed by atoms with Gasteiger partial charge < -0.3 is 21.7 Å². The van der Waals surface area contributed by atoms with Gasteiger partial charge in [0.25, 0.3) is 0 Å². The monoisotopic (exact) mass is 390 g/mol. The normalized spacial score (nSPS) is 19.0. The first-order chi connectivity index (χ1) is 10.9. The largest absolute Gasteiger partial charge is 0.366 e. The van der Waals surface area contributed by atoms with Crippen molar-refractivity contribution in [2.24, 2.45) is 23.3 Å². The van der Waals surface area contributed by atoms with Crippen LogP contribution in [0.5, 0.6) is 0 Å². The molecule has 0 radical (unpaired) electrons. The molecule has 1 aromatic carbocycles. The summed E-state index contributed by atoms with van der Waals surface area (Å²) in [6.45, 7) is 1.20. The van der Waals surface area contributed by atoms with Crippen molar-refractivity contribution >= 4 is 42.3 Å². The molecule has 6 nitrogen and oxygen atoms in total. The molecule has 8 heteroatoms. The van der Waals surface area contributed by atoms with Crippen molar-refractivity contribution in [1.29, 1.82) is 0 Å². The van der Waals surface area contributed by atoms with Crippen molar-refractivity contribution in [3.05, 3.63) is 29.3 Å². The fourth-order valence-electron chi connectivity index (χ4n) is 3.21. The Morgan fingerprint density at radius 3 is 2.48 bits per heavy atom. The zero-order chi connectivity index (χ0) is 17.0. The van der Waals surface area contributed by atoms with E-state index in [2.05, 4.69) is 5.32 Å². The number of anilines is 1. The van der Waals surface area contributed by atoms with Crippen LogP contribution in [0.25, 0.3) is 0 Å². The first kappa shape index (κ1) is 23.7. The van der Waals surface area contributed by atoms with Crippen LogP contribution in [-0.2, 0) is 11.3 Å². The van der Waals surface area contributed by atoms with Gasteiger partial charge in [0.1, 0.15) is 0 Å². The highest BCUT2D eigenvalue weighted by atomic mass is 35.5. The standard InChI is InChI=1S/C17H26N4O2.2ClH/c1-21(2)10-13-7-6-11(16(19)22)8-15(13)20-17(23)14-5-3-4-12(14)9-18;;/h6-8,12,14H,3-5,9-10,18H2,1-2H3,(H2,19,22)(H,20,23);2*1H/t12-,14-;;/m1../s1. The second-order valence-corrected chi connectivity index (χ2v) is 6.50. The van der Waals surface area contributed by atoms with E-state index in [9.17, 15) is 9.59 Å². The summed E-state index contributed by atoms with van der Waals surface area (Å²) in [5.41, 5.74) is 13.1. The van der Waals surface area contributed by atoms with Gasteiger partial charge in [-0.1, -0.05) is 12.5 Å². The Labute approximate surface area is 161 Å². The fraction of sp³-hybridized carbons (Fsp3) is 0.529. The van der Waals surface area contributed by atoms with Crippen LogP contribution >= 0.6 is 24.8 Å². The molecule has 0 unspecified atom stereocenters. The number of nitrogens with one attached hydrogen (secondary N) is 1. The highest BCUT2D eigenvalue weighted by molar-refractivity contribution is 5.97. The molecule has 0 heterocycles. The van der Waals surface area contributed by atoms with Crippen LogP contribution in [0.1, 0.15) is 35.2 Å². The number of hydrogen-bond donors (Lipinski definition) is 3. The van der Waals surface area contributed by atoms with E-state index < -0.39 is 5.91 Å². The maximum absolute atomic E-state index is 12.6. The van der Waals surface area contributed by atoms with Crippen molar-refractivity contribution in [2.75, 3.05) is 26.0 Å². The molecule has 1 aromatic rings. The second kappa shape index (κ2) is 10.6. The number of primary amides is 1. The number of halogens is 2. The van der Waals surface area contributed by atoms with Crippen LogP contribution in [0, 0.1) is 11.8 Å². The van der Waals surface area contributed by atoms with Crippen molar-refractivity contribution < 1.29 is 9.59 Å². The summed E-state index contributed by atoms with van der Waals surface area (Å²) in [5, 5.41) is 2.99. The molecule has 0 spiro atoms. The maximum Gasteiger partial charge on any atom is 0.248 e. The minimum Gasteiger partial charge on any atom is -0.366 e. The molecule has 25 heavy (non-hydrogen) atoms. The molecule has 1 saturated carbocycles. The van der Waals surface area contributed by atoms with Crippen LogP contribution in [-0.4, -0.2) is 37.4 Å². The van der Waals surface area contributed by atoms with Gasteiger partial charge >= 0.3 is 0 Å². The van der Waals surface area contributed by atoms with Crippen molar-refractivity contribution in [3.8, 4) is 0 Å². The van der Waals surface area contributed by atoms with Crippen LogP contribution < -0.4 is 16.8 Å². The first-order valence-electron chi connectivity index (χ1n) is 8.00. The Hall–Kier alpha value is -1.34. The maximum atomic E-state index is 12.6. The summed E-state index contributed by atoms with van der Waals surface area (Å²) in [6.07, 6.45) is 2.90. The number of nitrogens with two attached hydrogens (primary N) is 2. The number of hydrogen-bond acceptors (Lipinski definition) is 4. The lowest BCUT2D eigenvalue weighted by molar-refractivity contribution is -0.120. The fourth-order valence-corrected chi connectivity index (χ4v) is 3.21. The van der Waals surface area contributed by atoms with Gasteiger partial charge in [-0.3, -0.25) is 9.59 Å². The Morgan fingerprint density at radius 2 is 1.92 bits per heavy atom.